The van der Waals surface area contributed by atoms with Crippen LogP contribution in [0, 0.1) is 6.92 Å². The number of anilines is 1. The second-order valence-electron chi connectivity index (χ2n) is 5.01. The summed E-state index contributed by atoms with van der Waals surface area (Å²) in [5, 5.41) is 0.886. The van der Waals surface area contributed by atoms with Crippen LogP contribution in [0.4, 0.5) is 5.82 Å². The summed E-state index contributed by atoms with van der Waals surface area (Å²) in [5.41, 5.74) is 2.56. The first-order valence-corrected chi connectivity index (χ1v) is 7.62. The van der Waals surface area contributed by atoms with Crippen LogP contribution in [0.15, 0.2) is 12.3 Å². The Balaban J connectivity index is 2.25. The summed E-state index contributed by atoms with van der Waals surface area (Å²) < 4.78 is 0. The Morgan fingerprint density at radius 1 is 1.41 bits per heavy atom. The fourth-order valence-corrected chi connectivity index (χ4v) is 2.90. The number of aromatic nitrogens is 1. The average molecular weight is 297 g/mol. The lowest BCUT2D eigenvalue weighted by Gasteiger charge is -2.29. The van der Waals surface area contributed by atoms with Gasteiger partial charge in [0.05, 0.1) is 0 Å². The summed E-state index contributed by atoms with van der Waals surface area (Å²) in [7, 11) is 0. The number of halogens is 1. The maximum Gasteiger partial charge on any atom is 0.131 e. The molecule has 2 nitrogen and oxygen atoms in total. The van der Waals surface area contributed by atoms with Gasteiger partial charge in [0.2, 0.25) is 0 Å². The van der Waals surface area contributed by atoms with Crippen LogP contribution >= 0.6 is 15.9 Å². The van der Waals surface area contributed by atoms with E-state index in [2.05, 4.69) is 45.7 Å². The molecule has 0 amide bonds. The van der Waals surface area contributed by atoms with Crippen LogP contribution in [-0.4, -0.2) is 17.6 Å². The molecule has 0 saturated carbocycles. The van der Waals surface area contributed by atoms with E-state index < -0.39 is 0 Å². The van der Waals surface area contributed by atoms with Crippen LogP contribution in [0.25, 0.3) is 0 Å². The fraction of sp³-hybridized carbons (Fsp3) is 0.643. The maximum absolute atomic E-state index is 4.66. The third-order valence-electron chi connectivity index (χ3n) is 3.59. The molecule has 2 heterocycles. The number of hydrogen-bond acceptors (Lipinski definition) is 2. The van der Waals surface area contributed by atoms with Gasteiger partial charge in [-0.05, 0) is 37.8 Å². The standard InChI is InChI=1S/C14H21BrN2/c1-11-8-13(9-15)10-16-14(11)17-7-5-3-4-6-12(17)2/h8,10,12H,3-7,9H2,1-2H3. The first kappa shape index (κ1) is 12.9. The van der Waals surface area contributed by atoms with Gasteiger partial charge >= 0.3 is 0 Å². The summed E-state index contributed by atoms with van der Waals surface area (Å²) in [5.74, 6) is 1.18. The Labute approximate surface area is 113 Å². The minimum absolute atomic E-state index is 0.624. The molecule has 1 aliphatic rings. The maximum atomic E-state index is 4.66. The molecule has 1 fully saturated rings. The number of pyridine rings is 1. The van der Waals surface area contributed by atoms with Crippen molar-refractivity contribution in [2.24, 2.45) is 0 Å². The summed E-state index contributed by atoms with van der Waals surface area (Å²) in [4.78, 5) is 7.15. The van der Waals surface area contributed by atoms with E-state index in [1.165, 1.54) is 42.6 Å². The smallest absolute Gasteiger partial charge is 0.131 e. The third-order valence-corrected chi connectivity index (χ3v) is 4.23. The molecule has 1 aromatic heterocycles. The average Bonchev–Trinajstić information content (AvgIpc) is 2.54. The highest BCUT2D eigenvalue weighted by molar-refractivity contribution is 9.08. The van der Waals surface area contributed by atoms with Gasteiger partial charge in [0.1, 0.15) is 5.82 Å². The van der Waals surface area contributed by atoms with E-state index in [1.807, 2.05) is 6.20 Å². The van der Waals surface area contributed by atoms with E-state index >= 15 is 0 Å². The largest absolute Gasteiger partial charge is 0.354 e. The fourth-order valence-electron chi connectivity index (χ4n) is 2.59. The van der Waals surface area contributed by atoms with Gasteiger partial charge in [-0.25, -0.2) is 4.98 Å². The molecule has 0 N–H and O–H groups in total. The summed E-state index contributed by atoms with van der Waals surface area (Å²) >= 11 is 3.48. The summed E-state index contributed by atoms with van der Waals surface area (Å²) in [6.07, 6.45) is 7.30. The number of alkyl halides is 1. The van der Waals surface area contributed by atoms with Crippen LogP contribution in [0.1, 0.15) is 43.7 Å². The monoisotopic (exact) mass is 296 g/mol. The minimum Gasteiger partial charge on any atom is -0.354 e. The van der Waals surface area contributed by atoms with Gasteiger partial charge in [0.25, 0.3) is 0 Å². The van der Waals surface area contributed by atoms with Crippen molar-refractivity contribution in [3.8, 4) is 0 Å². The van der Waals surface area contributed by atoms with Gasteiger partial charge in [-0.1, -0.05) is 34.8 Å². The Kier molecular flexibility index (Phi) is 4.43. The van der Waals surface area contributed by atoms with E-state index in [0.29, 0.717) is 6.04 Å². The normalized spacial score (nSPS) is 21.4. The highest BCUT2D eigenvalue weighted by Crippen LogP contribution is 2.25. The van der Waals surface area contributed by atoms with Gasteiger partial charge in [-0.3, -0.25) is 0 Å². The SMILES string of the molecule is Cc1cc(CBr)cnc1N1CCCCCC1C. The van der Waals surface area contributed by atoms with Crippen LogP contribution in [-0.2, 0) is 5.33 Å². The molecule has 0 spiro atoms. The molecule has 0 bridgehead atoms. The van der Waals surface area contributed by atoms with Gasteiger partial charge in [0, 0.05) is 24.1 Å². The molecule has 1 saturated heterocycles. The molecule has 0 aliphatic carbocycles. The second kappa shape index (κ2) is 5.85. The van der Waals surface area contributed by atoms with Crippen molar-refractivity contribution < 1.29 is 0 Å². The first-order valence-electron chi connectivity index (χ1n) is 6.50. The van der Waals surface area contributed by atoms with E-state index in [4.69, 9.17) is 0 Å². The lowest BCUT2D eigenvalue weighted by atomic mass is 10.1. The summed E-state index contributed by atoms with van der Waals surface area (Å²) in [6.45, 7) is 5.65. The van der Waals surface area contributed by atoms with Crippen LogP contribution in [0.2, 0.25) is 0 Å². The summed E-state index contributed by atoms with van der Waals surface area (Å²) in [6, 6.07) is 2.87. The predicted octanol–water partition coefficient (Wildman–Crippen LogP) is 4.05. The molecule has 1 aliphatic heterocycles. The van der Waals surface area contributed by atoms with Crippen molar-refractivity contribution in [2.45, 2.75) is 50.9 Å². The molecule has 0 radical (unpaired) electrons. The van der Waals surface area contributed by atoms with Crippen LogP contribution in [0.3, 0.4) is 0 Å². The highest BCUT2D eigenvalue weighted by Gasteiger charge is 2.19. The predicted molar refractivity (Wildman–Crippen MR) is 76.9 cm³/mol. The zero-order chi connectivity index (χ0) is 12.3. The lowest BCUT2D eigenvalue weighted by Crippen LogP contribution is -2.33. The van der Waals surface area contributed by atoms with Crippen molar-refractivity contribution >= 4 is 21.7 Å². The van der Waals surface area contributed by atoms with Gasteiger partial charge < -0.3 is 4.90 Å². The zero-order valence-electron chi connectivity index (χ0n) is 10.7. The molecule has 1 unspecified atom stereocenters. The molecular formula is C14H21BrN2. The molecule has 1 atom stereocenters. The molecule has 94 valence electrons. The first-order chi connectivity index (χ1) is 8.22. The number of aryl methyl sites for hydroxylation is 1. The van der Waals surface area contributed by atoms with Crippen molar-refractivity contribution in [1.82, 2.24) is 4.98 Å². The molecule has 2 rings (SSSR count). The third kappa shape index (κ3) is 3.01. The molecule has 3 heteroatoms. The Hall–Kier alpha value is -0.570. The molecule has 0 aromatic carbocycles. The molecular weight excluding hydrogens is 276 g/mol. The van der Waals surface area contributed by atoms with Crippen molar-refractivity contribution in [3.05, 3.63) is 23.4 Å². The van der Waals surface area contributed by atoms with Crippen LogP contribution < -0.4 is 4.90 Å². The Morgan fingerprint density at radius 3 is 2.94 bits per heavy atom. The topological polar surface area (TPSA) is 16.1 Å². The van der Waals surface area contributed by atoms with E-state index in [0.717, 1.165) is 11.9 Å². The van der Waals surface area contributed by atoms with Crippen molar-refractivity contribution in [3.63, 3.8) is 0 Å². The van der Waals surface area contributed by atoms with Crippen molar-refractivity contribution in [1.29, 1.82) is 0 Å². The van der Waals surface area contributed by atoms with E-state index in [1.54, 1.807) is 0 Å². The van der Waals surface area contributed by atoms with E-state index in [9.17, 15) is 0 Å². The highest BCUT2D eigenvalue weighted by atomic mass is 79.9. The van der Waals surface area contributed by atoms with Gasteiger partial charge in [-0.15, -0.1) is 0 Å². The number of nitrogens with zero attached hydrogens (tertiary/aromatic N) is 2. The minimum atomic E-state index is 0.624. The molecule has 1 aromatic rings. The quantitative estimate of drug-likeness (QED) is 0.765. The Bertz CT molecular complexity index is 378. The Morgan fingerprint density at radius 2 is 2.24 bits per heavy atom. The zero-order valence-corrected chi connectivity index (χ0v) is 12.3. The molecule has 17 heavy (non-hydrogen) atoms. The van der Waals surface area contributed by atoms with Gasteiger partial charge in [-0.2, -0.15) is 0 Å². The lowest BCUT2D eigenvalue weighted by molar-refractivity contribution is 0.610. The van der Waals surface area contributed by atoms with Gasteiger partial charge in [0.15, 0.2) is 0 Å². The van der Waals surface area contributed by atoms with Crippen LogP contribution in [0.5, 0.6) is 0 Å². The van der Waals surface area contributed by atoms with Crippen molar-refractivity contribution in [2.75, 3.05) is 11.4 Å². The van der Waals surface area contributed by atoms with E-state index in [-0.39, 0.29) is 0 Å². The number of rotatable bonds is 2. The number of hydrogen-bond donors (Lipinski definition) is 0. The second-order valence-corrected chi connectivity index (χ2v) is 5.57.